The van der Waals surface area contributed by atoms with Crippen LogP contribution in [0.5, 0.6) is 0 Å². The van der Waals surface area contributed by atoms with Gasteiger partial charge >= 0.3 is 0 Å². The summed E-state index contributed by atoms with van der Waals surface area (Å²) < 4.78 is 18.9. The van der Waals surface area contributed by atoms with Gasteiger partial charge in [0, 0.05) is 30.9 Å². The Labute approximate surface area is 178 Å². The average molecular weight is 430 g/mol. The first kappa shape index (κ1) is 20.7. The number of rotatable bonds is 7. The number of hydrogen-bond donors (Lipinski definition) is 0. The van der Waals surface area contributed by atoms with E-state index in [1.807, 2.05) is 17.5 Å². The van der Waals surface area contributed by atoms with Crippen molar-refractivity contribution in [2.24, 2.45) is 5.10 Å². The van der Waals surface area contributed by atoms with Crippen LogP contribution in [0.1, 0.15) is 36.1 Å². The van der Waals surface area contributed by atoms with Gasteiger partial charge in [-0.05, 0) is 42.0 Å². The first-order valence-corrected chi connectivity index (χ1v) is 11.0. The summed E-state index contributed by atoms with van der Waals surface area (Å²) in [5.74, 6) is -0.628. The summed E-state index contributed by atoms with van der Waals surface area (Å²) in [6, 6.07) is 9.92. The molecule has 1 saturated heterocycles. The Morgan fingerprint density at radius 3 is 2.80 bits per heavy atom. The highest BCUT2D eigenvalue weighted by molar-refractivity contribution is 7.09. The Morgan fingerprint density at radius 1 is 1.27 bits per heavy atom. The smallest absolute Gasteiger partial charge is 0.270 e. The van der Waals surface area contributed by atoms with Crippen LogP contribution in [-0.4, -0.2) is 46.7 Å². The van der Waals surface area contributed by atoms with Gasteiger partial charge in [-0.1, -0.05) is 18.2 Å². The Balaban J connectivity index is 1.51. The van der Waals surface area contributed by atoms with Crippen LogP contribution < -0.4 is 0 Å². The Morgan fingerprint density at radius 2 is 2.10 bits per heavy atom. The van der Waals surface area contributed by atoms with Crippen LogP contribution in [0.15, 0.2) is 46.9 Å². The van der Waals surface area contributed by atoms with E-state index in [0.717, 1.165) is 29.9 Å². The molecule has 2 aliphatic heterocycles. The molecule has 0 saturated carbocycles. The lowest BCUT2D eigenvalue weighted by Crippen LogP contribution is -2.43. The van der Waals surface area contributed by atoms with E-state index in [9.17, 15) is 14.0 Å². The molecule has 6 nitrogen and oxygen atoms in total. The zero-order chi connectivity index (χ0) is 20.9. The lowest BCUT2D eigenvalue weighted by Gasteiger charge is -2.28. The van der Waals surface area contributed by atoms with E-state index < -0.39 is 0 Å². The molecule has 2 aliphatic rings. The SMILES string of the molecule is O=C(C1=NN(Cc2ccc(F)cc2)C(=O)CC1)N(Cc1cccs1)CC1CCCO1. The van der Waals surface area contributed by atoms with Gasteiger partial charge in [-0.25, -0.2) is 9.40 Å². The minimum absolute atomic E-state index is 0.0371. The van der Waals surface area contributed by atoms with Gasteiger partial charge in [0.05, 0.1) is 19.2 Å². The van der Waals surface area contributed by atoms with Crippen LogP contribution in [0.3, 0.4) is 0 Å². The van der Waals surface area contributed by atoms with Gasteiger partial charge in [-0.3, -0.25) is 9.59 Å². The molecular weight excluding hydrogens is 405 g/mol. The molecule has 0 spiro atoms. The normalized spacial score (nSPS) is 19.1. The molecule has 1 fully saturated rings. The second-order valence-corrected chi connectivity index (χ2v) is 8.56. The van der Waals surface area contributed by atoms with Gasteiger partial charge in [0.1, 0.15) is 11.5 Å². The molecule has 1 atom stereocenters. The predicted octanol–water partition coefficient (Wildman–Crippen LogP) is 3.57. The van der Waals surface area contributed by atoms with Gasteiger partial charge < -0.3 is 9.64 Å². The summed E-state index contributed by atoms with van der Waals surface area (Å²) in [5.41, 5.74) is 1.14. The number of carbonyl (C=O) groups is 2. The lowest BCUT2D eigenvalue weighted by atomic mass is 10.1. The molecule has 3 heterocycles. The third-order valence-corrected chi connectivity index (χ3v) is 6.12. The van der Waals surface area contributed by atoms with Crippen LogP contribution in [-0.2, 0) is 27.4 Å². The minimum atomic E-state index is -0.332. The molecule has 2 amide bonds. The summed E-state index contributed by atoms with van der Waals surface area (Å²) in [6.07, 6.45) is 2.54. The van der Waals surface area contributed by atoms with Crippen molar-refractivity contribution in [2.75, 3.05) is 13.2 Å². The highest BCUT2D eigenvalue weighted by atomic mass is 32.1. The van der Waals surface area contributed by atoms with Gasteiger partial charge in [0.25, 0.3) is 5.91 Å². The maximum atomic E-state index is 13.3. The standard InChI is InChI=1S/C22H24FN3O3S/c23-17-7-5-16(6-8-17)13-26-21(27)10-9-20(24-26)22(28)25(14-18-3-1-11-29-18)15-19-4-2-12-30-19/h2,4-8,12,18H,1,3,9-11,13-15H2. The van der Waals surface area contributed by atoms with Crippen molar-refractivity contribution in [3.05, 3.63) is 58.0 Å². The van der Waals surface area contributed by atoms with Crippen LogP contribution in [0.4, 0.5) is 4.39 Å². The van der Waals surface area contributed by atoms with Gasteiger partial charge in [0.15, 0.2) is 0 Å². The van der Waals surface area contributed by atoms with Gasteiger partial charge in [-0.15, -0.1) is 11.3 Å². The number of hydrazone groups is 1. The van der Waals surface area contributed by atoms with Crippen molar-refractivity contribution < 1.29 is 18.7 Å². The molecule has 1 aromatic heterocycles. The number of amides is 2. The van der Waals surface area contributed by atoms with Crippen molar-refractivity contribution in [1.82, 2.24) is 9.91 Å². The second-order valence-electron chi connectivity index (χ2n) is 7.52. The number of nitrogens with zero attached hydrogens (tertiary/aromatic N) is 3. The first-order chi connectivity index (χ1) is 14.6. The molecule has 2 aromatic rings. The third kappa shape index (κ3) is 5.12. The largest absolute Gasteiger partial charge is 0.376 e. The van der Waals surface area contributed by atoms with E-state index >= 15 is 0 Å². The summed E-state index contributed by atoms with van der Waals surface area (Å²) in [5, 5.41) is 7.69. The first-order valence-electron chi connectivity index (χ1n) is 10.1. The maximum absolute atomic E-state index is 13.3. The second kappa shape index (κ2) is 9.49. The van der Waals surface area contributed by atoms with E-state index in [1.54, 1.807) is 28.4 Å². The molecule has 158 valence electrons. The Hall–Kier alpha value is -2.58. The van der Waals surface area contributed by atoms with Crippen molar-refractivity contribution in [2.45, 2.75) is 44.9 Å². The summed E-state index contributed by atoms with van der Waals surface area (Å²) in [4.78, 5) is 28.5. The molecule has 8 heteroatoms. The number of hydrogen-bond acceptors (Lipinski definition) is 5. The maximum Gasteiger partial charge on any atom is 0.270 e. The Bertz CT molecular complexity index is 908. The molecule has 1 unspecified atom stereocenters. The number of carbonyl (C=O) groups excluding carboxylic acids is 2. The molecule has 1 aromatic carbocycles. The fraction of sp³-hybridized carbons (Fsp3) is 0.409. The predicted molar refractivity (Wildman–Crippen MR) is 112 cm³/mol. The third-order valence-electron chi connectivity index (χ3n) is 5.26. The van der Waals surface area contributed by atoms with Gasteiger partial charge in [-0.2, -0.15) is 5.10 Å². The zero-order valence-electron chi connectivity index (χ0n) is 16.6. The van der Waals surface area contributed by atoms with Crippen LogP contribution in [0.25, 0.3) is 0 Å². The summed E-state index contributed by atoms with van der Waals surface area (Å²) in [7, 11) is 0. The number of thiophene rings is 1. The monoisotopic (exact) mass is 429 g/mol. The Kier molecular flexibility index (Phi) is 6.54. The van der Waals surface area contributed by atoms with E-state index in [2.05, 4.69) is 5.10 Å². The van der Waals surface area contributed by atoms with E-state index in [1.165, 1.54) is 17.1 Å². The molecule has 0 aliphatic carbocycles. The van der Waals surface area contributed by atoms with E-state index in [-0.39, 0.29) is 36.7 Å². The van der Waals surface area contributed by atoms with Crippen molar-refractivity contribution in [3.63, 3.8) is 0 Å². The fourth-order valence-corrected chi connectivity index (χ4v) is 4.39. The minimum Gasteiger partial charge on any atom is -0.376 e. The van der Waals surface area contributed by atoms with Crippen molar-refractivity contribution in [3.8, 4) is 0 Å². The zero-order valence-corrected chi connectivity index (χ0v) is 17.4. The molecule has 0 radical (unpaired) electrons. The number of ether oxygens (including phenoxy) is 1. The van der Waals surface area contributed by atoms with E-state index in [0.29, 0.717) is 25.2 Å². The molecule has 30 heavy (non-hydrogen) atoms. The topological polar surface area (TPSA) is 62.2 Å². The van der Waals surface area contributed by atoms with Gasteiger partial charge in [0.2, 0.25) is 5.91 Å². The van der Waals surface area contributed by atoms with E-state index in [4.69, 9.17) is 4.74 Å². The molecule has 0 N–H and O–H groups in total. The van der Waals surface area contributed by atoms with Crippen molar-refractivity contribution in [1.29, 1.82) is 0 Å². The van der Waals surface area contributed by atoms with Crippen LogP contribution in [0, 0.1) is 5.82 Å². The average Bonchev–Trinajstić information content (AvgIpc) is 3.45. The molecule has 0 bridgehead atoms. The quantitative estimate of drug-likeness (QED) is 0.676. The number of benzene rings is 1. The summed E-state index contributed by atoms with van der Waals surface area (Å²) in [6.45, 7) is 1.96. The highest BCUT2D eigenvalue weighted by Crippen LogP contribution is 2.20. The fourth-order valence-electron chi connectivity index (χ4n) is 3.67. The molecule has 4 rings (SSSR count). The van der Waals surface area contributed by atoms with Crippen molar-refractivity contribution >= 4 is 28.9 Å². The highest BCUT2D eigenvalue weighted by Gasteiger charge is 2.30. The molecular formula is C22H24FN3O3S. The van der Waals surface area contributed by atoms with Crippen LogP contribution >= 0.6 is 11.3 Å². The summed E-state index contributed by atoms with van der Waals surface area (Å²) >= 11 is 1.61. The lowest BCUT2D eigenvalue weighted by molar-refractivity contribution is -0.133. The van der Waals surface area contributed by atoms with Crippen LogP contribution in [0.2, 0.25) is 0 Å². The number of halogens is 1.